The zero-order chi connectivity index (χ0) is 33.8. The number of nitrogens with zero attached hydrogens (tertiary/aromatic N) is 2. The second kappa shape index (κ2) is 12.5. The lowest BCUT2D eigenvalue weighted by atomic mass is 9.63. The molecule has 1 amide bonds. The summed E-state index contributed by atoms with van der Waals surface area (Å²) in [7, 11) is -3.04. The van der Waals surface area contributed by atoms with Crippen molar-refractivity contribution in [2.75, 3.05) is 24.6 Å². The van der Waals surface area contributed by atoms with Gasteiger partial charge in [0.1, 0.15) is 17.2 Å². The number of fused-ring (bicyclic) bond motifs is 4. The molecule has 0 radical (unpaired) electrons. The van der Waals surface area contributed by atoms with Gasteiger partial charge in [0.2, 0.25) is 0 Å². The number of allylic oxidation sites excluding steroid dienone is 1. The van der Waals surface area contributed by atoms with Crippen molar-refractivity contribution in [3.63, 3.8) is 0 Å². The highest BCUT2D eigenvalue weighted by Crippen LogP contribution is 2.50. The molecule has 1 saturated carbocycles. The van der Waals surface area contributed by atoms with E-state index in [0.717, 1.165) is 44.0 Å². The zero-order valence-corrected chi connectivity index (χ0v) is 29.0. The predicted molar refractivity (Wildman–Crippen MR) is 190 cm³/mol. The minimum atomic E-state index is -3.04. The van der Waals surface area contributed by atoms with Crippen LogP contribution in [0.5, 0.6) is 5.75 Å². The van der Waals surface area contributed by atoms with Crippen LogP contribution < -0.4 is 14.4 Å². The summed E-state index contributed by atoms with van der Waals surface area (Å²) < 4.78 is 37.2. The summed E-state index contributed by atoms with van der Waals surface area (Å²) in [5.41, 5.74) is 2.29. The van der Waals surface area contributed by atoms with Crippen molar-refractivity contribution >= 4 is 38.8 Å². The van der Waals surface area contributed by atoms with Gasteiger partial charge in [0.25, 0.3) is 5.91 Å². The molecule has 2 aromatic carbocycles. The van der Waals surface area contributed by atoms with Crippen LogP contribution in [-0.4, -0.2) is 51.0 Å². The number of halogens is 2. The number of carbonyl (C=O) groups excluding carboxylic acids is 1. The molecule has 1 unspecified atom stereocenters. The van der Waals surface area contributed by atoms with Crippen molar-refractivity contribution in [2.45, 2.75) is 68.6 Å². The van der Waals surface area contributed by atoms with E-state index in [1.54, 1.807) is 18.2 Å². The van der Waals surface area contributed by atoms with E-state index >= 15 is 0 Å². The molecule has 1 aromatic heterocycles. The molecule has 1 fully saturated rings. The summed E-state index contributed by atoms with van der Waals surface area (Å²) in [5, 5.41) is 12.8. The molecule has 7 rings (SSSR count). The third kappa shape index (κ3) is 5.92. The number of aryl methyl sites for hydroxylation is 1. The Morgan fingerprint density at radius 3 is 2.75 bits per heavy atom. The van der Waals surface area contributed by atoms with E-state index in [0.29, 0.717) is 48.1 Å². The summed E-state index contributed by atoms with van der Waals surface area (Å²) in [6.07, 6.45) is 9.89. The molecule has 3 aromatic rings. The van der Waals surface area contributed by atoms with E-state index in [1.165, 1.54) is 17.2 Å². The van der Waals surface area contributed by atoms with E-state index in [2.05, 4.69) is 32.6 Å². The minimum absolute atomic E-state index is 0.0723. The highest BCUT2D eigenvalue weighted by atomic mass is 35.5. The highest BCUT2D eigenvalue weighted by molar-refractivity contribution is 7.99. The number of nitrogens with one attached hydrogen (secondary N) is 1. The molecular formula is C38H43ClFN3O4S. The van der Waals surface area contributed by atoms with Gasteiger partial charge in [0.05, 0.1) is 33.9 Å². The van der Waals surface area contributed by atoms with Gasteiger partial charge in [-0.3, -0.25) is 14.5 Å². The quantitative estimate of drug-likeness (QED) is 0.221. The Kier molecular flexibility index (Phi) is 8.61. The van der Waals surface area contributed by atoms with E-state index in [1.807, 2.05) is 38.1 Å². The van der Waals surface area contributed by atoms with Gasteiger partial charge >= 0.3 is 0 Å². The first-order valence-corrected chi connectivity index (χ1v) is 19.1. The normalized spacial score (nSPS) is 34.1. The van der Waals surface area contributed by atoms with Crippen LogP contribution in [0, 0.1) is 23.6 Å². The fourth-order valence-corrected chi connectivity index (χ4v) is 9.93. The van der Waals surface area contributed by atoms with Gasteiger partial charge in [-0.1, -0.05) is 36.7 Å². The topological polar surface area (TPSA) is 91.8 Å². The number of benzene rings is 2. The summed E-state index contributed by atoms with van der Waals surface area (Å²) in [6, 6.07) is 14.5. The van der Waals surface area contributed by atoms with Crippen LogP contribution in [0.3, 0.4) is 0 Å². The van der Waals surface area contributed by atoms with Gasteiger partial charge < -0.3 is 14.7 Å². The van der Waals surface area contributed by atoms with Crippen LogP contribution in [0.2, 0.25) is 5.02 Å². The Labute approximate surface area is 287 Å². The molecule has 4 aliphatic rings. The Hall–Kier alpha value is -3.40. The summed E-state index contributed by atoms with van der Waals surface area (Å²) >= 11 is 6.44. The maximum Gasteiger partial charge on any atom is 0.262 e. The number of pyridine rings is 1. The fraction of sp³-hybridized carbons (Fsp3) is 0.447. The van der Waals surface area contributed by atoms with Crippen molar-refractivity contribution in [1.29, 1.82) is 0 Å². The van der Waals surface area contributed by atoms with Crippen molar-refractivity contribution < 1.29 is 23.2 Å². The number of anilines is 1. The molecule has 2 N–H and O–H groups in total. The summed E-state index contributed by atoms with van der Waals surface area (Å²) in [5.74, 6) is 3.51. The third-order valence-corrected chi connectivity index (χ3v) is 13.9. The van der Waals surface area contributed by atoms with E-state index in [-0.39, 0.29) is 23.2 Å². The number of ether oxygens (including phenoxy) is 1. The van der Waals surface area contributed by atoms with Crippen LogP contribution in [0.1, 0.15) is 73.1 Å². The van der Waals surface area contributed by atoms with Crippen molar-refractivity contribution in [2.24, 2.45) is 17.8 Å². The largest absolute Gasteiger partial charge is 0.490 e. The van der Waals surface area contributed by atoms with Crippen LogP contribution in [0.15, 0.2) is 66.9 Å². The van der Waals surface area contributed by atoms with Crippen LogP contribution >= 0.6 is 11.6 Å². The lowest BCUT2D eigenvalue weighted by Gasteiger charge is -2.49. The first kappa shape index (κ1) is 33.1. The van der Waals surface area contributed by atoms with E-state index in [4.69, 9.17) is 16.3 Å². The number of amides is 1. The second-order valence-electron chi connectivity index (χ2n) is 14.4. The Morgan fingerprint density at radius 2 is 2.00 bits per heavy atom. The van der Waals surface area contributed by atoms with Crippen molar-refractivity contribution in [3.05, 3.63) is 100 Å². The SMILES string of the molecule is C=S1(=O)NC(=O)c2ccc3c(c2)N(C[C@@H]2CC[C@H]2[C@](O)(c2ccc(F)cn2)/C=C/C[C@H](C)[C@H]1C)C[C@@]1(CCCc2cc(Cl)ccc21)CO3. The summed E-state index contributed by atoms with van der Waals surface area (Å²) in [4.78, 5) is 20.3. The van der Waals surface area contributed by atoms with Crippen LogP contribution in [0.25, 0.3) is 0 Å². The third-order valence-electron chi connectivity index (χ3n) is 11.4. The molecule has 10 heteroatoms. The monoisotopic (exact) mass is 691 g/mol. The zero-order valence-electron chi connectivity index (χ0n) is 27.5. The van der Waals surface area contributed by atoms with Gasteiger partial charge in [-0.15, -0.1) is 0 Å². The maximum absolute atomic E-state index is 14.0. The van der Waals surface area contributed by atoms with Crippen LogP contribution in [-0.2, 0) is 27.1 Å². The smallest absolute Gasteiger partial charge is 0.262 e. The predicted octanol–water partition coefficient (Wildman–Crippen LogP) is 6.61. The van der Waals surface area contributed by atoms with Gasteiger partial charge in [0.15, 0.2) is 0 Å². The number of rotatable bonds is 1. The molecule has 1 spiro atoms. The number of carbonyl (C=O) groups is 1. The van der Waals surface area contributed by atoms with Gasteiger partial charge in [-0.25, -0.2) is 8.60 Å². The highest BCUT2D eigenvalue weighted by Gasteiger charge is 2.49. The minimum Gasteiger partial charge on any atom is -0.490 e. The Bertz CT molecular complexity index is 1870. The Morgan fingerprint density at radius 1 is 1.17 bits per heavy atom. The number of hydrogen-bond donors (Lipinski definition) is 2. The van der Waals surface area contributed by atoms with Crippen LogP contribution in [0.4, 0.5) is 10.1 Å². The first-order chi connectivity index (χ1) is 22.9. The molecule has 48 heavy (non-hydrogen) atoms. The number of aliphatic hydroxyl groups is 1. The van der Waals surface area contributed by atoms with Gasteiger partial charge in [0, 0.05) is 40.3 Å². The van der Waals surface area contributed by atoms with Crippen molar-refractivity contribution in [3.8, 4) is 5.75 Å². The lowest BCUT2D eigenvalue weighted by molar-refractivity contribution is -0.0530. The molecule has 254 valence electrons. The fourth-order valence-electron chi connectivity index (χ4n) is 8.26. The number of aromatic nitrogens is 1. The standard InChI is InChI=1S/C38H43ClFN3O4S/c1-24-6-4-17-38(45,35-15-11-30(40)20-41-35)32-12-8-28(32)21-43-22-37(16-5-7-26-18-29(39)10-13-31(26)37)23-47-34-14-9-27(19-33(34)43)36(44)42-48(3,46)25(24)2/h4,9-11,13-15,17-20,24-25,28,32,45H,3,5-8,12,16,21-23H2,1-2H3,(H,42,44,46)/b17-4+/t24-,25+,28-,32+,37-,38-,48?/m0/s1. The molecule has 3 heterocycles. The first-order valence-electron chi connectivity index (χ1n) is 16.9. The van der Waals surface area contributed by atoms with Gasteiger partial charge in [-0.05, 0) is 117 Å². The van der Waals surface area contributed by atoms with E-state index in [9.17, 15) is 18.5 Å². The molecule has 2 aliphatic carbocycles. The maximum atomic E-state index is 14.0. The molecule has 0 saturated heterocycles. The number of hydrogen-bond acceptors (Lipinski definition) is 6. The molecular weight excluding hydrogens is 649 g/mol. The van der Waals surface area contributed by atoms with E-state index < -0.39 is 32.3 Å². The average molecular weight is 692 g/mol. The molecule has 7 atom stereocenters. The molecule has 7 nitrogen and oxygen atoms in total. The second-order valence-corrected chi connectivity index (χ2v) is 17.2. The molecule has 2 aliphatic heterocycles. The lowest BCUT2D eigenvalue weighted by Crippen LogP contribution is -2.51. The van der Waals surface area contributed by atoms with Crippen molar-refractivity contribution in [1.82, 2.24) is 9.71 Å². The summed E-state index contributed by atoms with van der Waals surface area (Å²) in [6.45, 7) is 5.51. The molecule has 2 bridgehead atoms. The average Bonchev–Trinajstić information content (AvgIpc) is 3.19. The Balaban J connectivity index is 1.35. The van der Waals surface area contributed by atoms with Gasteiger partial charge in [-0.2, -0.15) is 0 Å².